The molecule has 1 saturated heterocycles. The van der Waals surface area contributed by atoms with Crippen molar-refractivity contribution in [1.82, 2.24) is 0 Å². The van der Waals surface area contributed by atoms with Crippen molar-refractivity contribution in [3.63, 3.8) is 0 Å². The molecule has 0 spiro atoms. The molecule has 1 unspecified atom stereocenters. The van der Waals surface area contributed by atoms with Crippen molar-refractivity contribution in [2.75, 3.05) is 11.4 Å². The first kappa shape index (κ1) is 12.4. The van der Waals surface area contributed by atoms with Crippen LogP contribution in [0.4, 0.5) is 5.69 Å². The Hall–Kier alpha value is -0.0600. The molecule has 5 heteroatoms. The van der Waals surface area contributed by atoms with Gasteiger partial charge in [0.1, 0.15) is 0 Å². The first-order valence-corrected chi connectivity index (χ1v) is 6.98. The topological polar surface area (TPSA) is 20.3 Å². The zero-order valence-electron chi connectivity index (χ0n) is 8.64. The number of hydrogen-bond acceptors (Lipinski definition) is 1. The van der Waals surface area contributed by atoms with Gasteiger partial charge >= 0.3 is 0 Å². The summed E-state index contributed by atoms with van der Waals surface area (Å²) >= 11 is 13.0. The summed E-state index contributed by atoms with van der Waals surface area (Å²) in [5.74, 6) is 0.127. The second kappa shape index (κ2) is 4.67. The van der Waals surface area contributed by atoms with Gasteiger partial charge in [0.25, 0.3) is 0 Å². The Bertz CT molecular complexity index is 450. The van der Waals surface area contributed by atoms with Gasteiger partial charge in [0.2, 0.25) is 5.91 Å². The summed E-state index contributed by atoms with van der Waals surface area (Å²) in [7, 11) is 0. The van der Waals surface area contributed by atoms with Gasteiger partial charge in [-0.05, 0) is 40.5 Å². The van der Waals surface area contributed by atoms with Crippen LogP contribution in [-0.2, 0) is 4.79 Å². The number of halogens is 3. The number of benzene rings is 1. The van der Waals surface area contributed by atoms with E-state index in [9.17, 15) is 4.79 Å². The molecule has 0 saturated carbocycles. The van der Waals surface area contributed by atoms with Crippen LogP contribution in [0.5, 0.6) is 0 Å². The van der Waals surface area contributed by atoms with E-state index in [1.54, 1.807) is 4.90 Å². The summed E-state index contributed by atoms with van der Waals surface area (Å²) in [4.78, 5) is 13.8. The summed E-state index contributed by atoms with van der Waals surface area (Å²) in [6.07, 6.45) is 0.540. The number of carbonyl (C=O) groups excluding carboxylic acids is 1. The van der Waals surface area contributed by atoms with Gasteiger partial charge in [-0.25, -0.2) is 0 Å². The normalized spacial score (nSPS) is 20.6. The van der Waals surface area contributed by atoms with E-state index in [4.69, 9.17) is 11.6 Å². The maximum Gasteiger partial charge on any atom is 0.228 e. The Morgan fingerprint density at radius 3 is 2.75 bits per heavy atom. The largest absolute Gasteiger partial charge is 0.310 e. The predicted molar refractivity (Wildman–Crippen MR) is 73.6 cm³/mol. The number of amides is 1. The van der Waals surface area contributed by atoms with Crippen LogP contribution in [0.25, 0.3) is 0 Å². The fraction of sp³-hybridized carbons (Fsp3) is 0.364. The van der Waals surface area contributed by atoms with Crippen molar-refractivity contribution in [2.24, 2.45) is 0 Å². The minimum atomic E-state index is 0.127. The zero-order valence-corrected chi connectivity index (χ0v) is 12.6. The Balaban J connectivity index is 2.41. The standard InChI is InChI=1S/C11H10Br2ClNO/c1-6-2-8(13)10(4-9(6)14)15-5-7(12)3-11(15)16/h2,4,7H,3,5H2,1H3. The SMILES string of the molecule is Cc1cc(Br)c(N2CC(Br)CC2=O)cc1Cl. The summed E-state index contributed by atoms with van der Waals surface area (Å²) < 4.78 is 0.907. The fourth-order valence-corrected chi connectivity index (χ4v) is 3.14. The highest BCUT2D eigenvalue weighted by molar-refractivity contribution is 9.10. The second-order valence-corrected chi connectivity index (χ2v) is 6.42. The lowest BCUT2D eigenvalue weighted by molar-refractivity contribution is -0.117. The summed E-state index contributed by atoms with van der Waals surface area (Å²) in [6.45, 7) is 2.63. The van der Waals surface area contributed by atoms with E-state index in [1.165, 1.54) is 0 Å². The van der Waals surface area contributed by atoms with E-state index in [0.717, 1.165) is 15.7 Å². The molecule has 1 aliphatic heterocycles. The van der Waals surface area contributed by atoms with Crippen LogP contribution in [0, 0.1) is 6.92 Å². The minimum absolute atomic E-state index is 0.127. The number of hydrogen-bond donors (Lipinski definition) is 0. The Morgan fingerprint density at radius 1 is 1.50 bits per heavy atom. The molecule has 0 radical (unpaired) electrons. The molecule has 1 aromatic carbocycles. The van der Waals surface area contributed by atoms with Gasteiger partial charge in [0.15, 0.2) is 0 Å². The van der Waals surface area contributed by atoms with E-state index in [1.807, 2.05) is 19.1 Å². The molecular weight excluding hydrogens is 357 g/mol. The molecule has 0 bridgehead atoms. The van der Waals surface area contributed by atoms with Crippen LogP contribution in [0.15, 0.2) is 16.6 Å². The number of alkyl halides is 1. The van der Waals surface area contributed by atoms with Crippen molar-refractivity contribution >= 4 is 55.1 Å². The average molecular weight is 367 g/mol. The van der Waals surface area contributed by atoms with Crippen LogP contribution in [-0.4, -0.2) is 17.3 Å². The molecule has 1 amide bonds. The van der Waals surface area contributed by atoms with Crippen molar-refractivity contribution in [3.8, 4) is 0 Å². The molecule has 1 aliphatic rings. The lowest BCUT2D eigenvalue weighted by atomic mass is 10.2. The molecule has 2 rings (SSSR count). The monoisotopic (exact) mass is 365 g/mol. The van der Waals surface area contributed by atoms with E-state index in [0.29, 0.717) is 18.0 Å². The number of carbonyl (C=O) groups is 1. The summed E-state index contributed by atoms with van der Waals surface area (Å²) in [5.41, 5.74) is 1.85. The van der Waals surface area contributed by atoms with Crippen molar-refractivity contribution in [3.05, 3.63) is 27.2 Å². The van der Waals surface area contributed by atoms with E-state index in [2.05, 4.69) is 31.9 Å². The molecule has 0 aromatic heterocycles. The average Bonchev–Trinajstić information content (AvgIpc) is 2.51. The summed E-state index contributed by atoms with van der Waals surface area (Å²) in [5, 5.41) is 0.684. The zero-order chi connectivity index (χ0) is 11.9. The fourth-order valence-electron chi connectivity index (χ4n) is 1.74. The second-order valence-electron chi connectivity index (χ2n) is 3.86. The van der Waals surface area contributed by atoms with E-state index < -0.39 is 0 Å². The first-order valence-electron chi connectivity index (χ1n) is 4.89. The highest BCUT2D eigenvalue weighted by atomic mass is 79.9. The van der Waals surface area contributed by atoms with Gasteiger partial charge in [0.05, 0.1) is 5.69 Å². The Morgan fingerprint density at radius 2 is 2.19 bits per heavy atom. The molecule has 1 fully saturated rings. The Labute approximate surface area is 116 Å². The van der Waals surface area contributed by atoms with Crippen LogP contribution >= 0.6 is 43.5 Å². The maximum absolute atomic E-state index is 11.8. The highest BCUT2D eigenvalue weighted by Crippen LogP contribution is 2.35. The summed E-state index contributed by atoms with van der Waals surface area (Å²) in [6, 6.07) is 3.77. The Kier molecular flexibility index (Phi) is 3.62. The van der Waals surface area contributed by atoms with Crippen LogP contribution in [0.1, 0.15) is 12.0 Å². The molecule has 2 nitrogen and oxygen atoms in total. The molecule has 1 atom stereocenters. The van der Waals surface area contributed by atoms with E-state index in [-0.39, 0.29) is 10.7 Å². The van der Waals surface area contributed by atoms with Gasteiger partial charge < -0.3 is 4.90 Å². The number of rotatable bonds is 1. The maximum atomic E-state index is 11.8. The third-order valence-electron chi connectivity index (χ3n) is 2.60. The third kappa shape index (κ3) is 2.29. The first-order chi connectivity index (χ1) is 7.49. The van der Waals surface area contributed by atoms with Crippen molar-refractivity contribution < 1.29 is 4.79 Å². The lowest BCUT2D eigenvalue weighted by Crippen LogP contribution is -2.24. The quantitative estimate of drug-likeness (QED) is 0.689. The van der Waals surface area contributed by atoms with Crippen LogP contribution in [0.3, 0.4) is 0 Å². The number of aryl methyl sites for hydroxylation is 1. The van der Waals surface area contributed by atoms with Crippen LogP contribution < -0.4 is 4.90 Å². The molecule has 86 valence electrons. The van der Waals surface area contributed by atoms with E-state index >= 15 is 0 Å². The molecular formula is C11H10Br2ClNO. The highest BCUT2D eigenvalue weighted by Gasteiger charge is 2.30. The number of nitrogens with zero attached hydrogens (tertiary/aromatic N) is 1. The lowest BCUT2D eigenvalue weighted by Gasteiger charge is -2.18. The van der Waals surface area contributed by atoms with Crippen molar-refractivity contribution in [2.45, 2.75) is 18.2 Å². The van der Waals surface area contributed by atoms with Gasteiger partial charge in [0, 0.05) is 27.3 Å². The molecule has 1 aromatic rings. The molecule has 0 N–H and O–H groups in total. The third-order valence-corrected chi connectivity index (χ3v) is 4.25. The van der Waals surface area contributed by atoms with Gasteiger partial charge in [-0.2, -0.15) is 0 Å². The molecule has 1 heterocycles. The number of anilines is 1. The molecule has 16 heavy (non-hydrogen) atoms. The predicted octanol–water partition coefficient (Wildman–Crippen LogP) is 3.91. The van der Waals surface area contributed by atoms with Gasteiger partial charge in [-0.3, -0.25) is 4.79 Å². The van der Waals surface area contributed by atoms with Gasteiger partial charge in [-0.1, -0.05) is 27.5 Å². The van der Waals surface area contributed by atoms with Gasteiger partial charge in [-0.15, -0.1) is 0 Å². The van der Waals surface area contributed by atoms with Crippen LogP contribution in [0.2, 0.25) is 5.02 Å². The van der Waals surface area contributed by atoms with Crippen molar-refractivity contribution in [1.29, 1.82) is 0 Å². The smallest absolute Gasteiger partial charge is 0.228 e. The molecule has 0 aliphatic carbocycles. The minimum Gasteiger partial charge on any atom is -0.310 e.